The van der Waals surface area contributed by atoms with Gasteiger partial charge in [0, 0.05) is 31.0 Å². The maximum absolute atomic E-state index is 12.5. The molecule has 1 saturated heterocycles. The van der Waals surface area contributed by atoms with E-state index in [0.717, 1.165) is 37.5 Å². The Bertz CT molecular complexity index is 521. The number of amides is 1. The first-order valence-electron chi connectivity index (χ1n) is 7.60. The van der Waals surface area contributed by atoms with Gasteiger partial charge < -0.3 is 9.88 Å². The van der Waals surface area contributed by atoms with Crippen LogP contribution in [0.25, 0.3) is 0 Å². The minimum atomic E-state index is -0.180. The number of aromatic amines is 1. The molecule has 20 heavy (non-hydrogen) atoms. The number of H-pyrrole nitrogens is 1. The van der Waals surface area contributed by atoms with Crippen molar-refractivity contribution in [3.8, 4) is 0 Å². The van der Waals surface area contributed by atoms with Gasteiger partial charge in [-0.05, 0) is 32.1 Å². The SMILES string of the molecule is CCCC1CCCN(C(=O)c2c[nH]c(C)cc2=O)CC1. The zero-order chi connectivity index (χ0) is 14.5. The van der Waals surface area contributed by atoms with Crippen molar-refractivity contribution in [1.82, 2.24) is 9.88 Å². The number of aromatic nitrogens is 1. The fraction of sp³-hybridized carbons (Fsp3) is 0.625. The van der Waals surface area contributed by atoms with Crippen LogP contribution in [0.2, 0.25) is 0 Å². The monoisotopic (exact) mass is 276 g/mol. The van der Waals surface area contributed by atoms with Crippen molar-refractivity contribution in [2.45, 2.75) is 46.0 Å². The molecular weight excluding hydrogens is 252 g/mol. The number of likely N-dealkylation sites (tertiary alicyclic amines) is 1. The molecule has 0 radical (unpaired) electrons. The molecule has 1 aliphatic heterocycles. The van der Waals surface area contributed by atoms with Crippen LogP contribution in [0.5, 0.6) is 0 Å². The number of hydrogen-bond donors (Lipinski definition) is 1. The van der Waals surface area contributed by atoms with E-state index in [4.69, 9.17) is 0 Å². The first kappa shape index (κ1) is 14.8. The third-order valence-corrected chi connectivity index (χ3v) is 4.12. The van der Waals surface area contributed by atoms with Crippen molar-refractivity contribution in [3.63, 3.8) is 0 Å². The van der Waals surface area contributed by atoms with E-state index >= 15 is 0 Å². The second-order valence-corrected chi connectivity index (χ2v) is 5.77. The van der Waals surface area contributed by atoms with Crippen molar-refractivity contribution < 1.29 is 4.79 Å². The minimum Gasteiger partial charge on any atom is -0.364 e. The molecule has 4 heteroatoms. The van der Waals surface area contributed by atoms with E-state index in [-0.39, 0.29) is 16.9 Å². The van der Waals surface area contributed by atoms with E-state index in [0.29, 0.717) is 0 Å². The number of nitrogens with zero attached hydrogens (tertiary/aromatic N) is 1. The molecule has 2 heterocycles. The summed E-state index contributed by atoms with van der Waals surface area (Å²) in [6, 6.07) is 1.49. The summed E-state index contributed by atoms with van der Waals surface area (Å²) >= 11 is 0. The summed E-state index contributed by atoms with van der Waals surface area (Å²) in [6.07, 6.45) is 7.29. The van der Waals surface area contributed by atoms with Crippen LogP contribution in [-0.4, -0.2) is 28.9 Å². The average molecular weight is 276 g/mol. The van der Waals surface area contributed by atoms with E-state index in [1.165, 1.54) is 25.3 Å². The number of rotatable bonds is 3. The number of aryl methyl sites for hydroxylation is 1. The fourth-order valence-electron chi connectivity index (χ4n) is 2.98. The zero-order valence-electron chi connectivity index (χ0n) is 12.4. The Balaban J connectivity index is 2.07. The van der Waals surface area contributed by atoms with Crippen LogP contribution in [0, 0.1) is 12.8 Å². The molecule has 1 N–H and O–H groups in total. The van der Waals surface area contributed by atoms with Gasteiger partial charge >= 0.3 is 0 Å². The van der Waals surface area contributed by atoms with Crippen LogP contribution >= 0.6 is 0 Å². The average Bonchev–Trinajstić information content (AvgIpc) is 2.64. The van der Waals surface area contributed by atoms with Crippen LogP contribution < -0.4 is 5.43 Å². The highest BCUT2D eigenvalue weighted by Gasteiger charge is 2.22. The van der Waals surface area contributed by atoms with Crippen molar-refractivity contribution in [2.75, 3.05) is 13.1 Å². The number of carbonyl (C=O) groups excluding carboxylic acids is 1. The number of hydrogen-bond acceptors (Lipinski definition) is 2. The van der Waals surface area contributed by atoms with Crippen molar-refractivity contribution >= 4 is 5.91 Å². The van der Waals surface area contributed by atoms with Gasteiger partial charge in [0.15, 0.2) is 5.43 Å². The number of carbonyl (C=O) groups is 1. The van der Waals surface area contributed by atoms with E-state index in [1.54, 1.807) is 6.20 Å². The summed E-state index contributed by atoms with van der Waals surface area (Å²) in [7, 11) is 0. The molecule has 1 fully saturated rings. The second-order valence-electron chi connectivity index (χ2n) is 5.77. The molecular formula is C16H24N2O2. The Morgan fingerprint density at radius 1 is 1.40 bits per heavy atom. The molecule has 0 saturated carbocycles. The lowest BCUT2D eigenvalue weighted by atomic mass is 9.96. The van der Waals surface area contributed by atoms with Crippen LogP contribution in [0.4, 0.5) is 0 Å². The van der Waals surface area contributed by atoms with Gasteiger partial charge in [0.1, 0.15) is 5.56 Å². The second kappa shape index (κ2) is 6.73. The summed E-state index contributed by atoms with van der Waals surface area (Å²) in [5.74, 6) is 0.609. The predicted molar refractivity (Wildman–Crippen MR) is 80.0 cm³/mol. The van der Waals surface area contributed by atoms with Crippen molar-refractivity contribution in [2.24, 2.45) is 5.92 Å². The molecule has 110 valence electrons. The highest BCUT2D eigenvalue weighted by atomic mass is 16.2. The summed E-state index contributed by atoms with van der Waals surface area (Å²) in [6.45, 7) is 5.57. The highest BCUT2D eigenvalue weighted by Crippen LogP contribution is 2.22. The van der Waals surface area contributed by atoms with Gasteiger partial charge in [-0.3, -0.25) is 9.59 Å². The van der Waals surface area contributed by atoms with Gasteiger partial charge in [0.2, 0.25) is 0 Å². The van der Waals surface area contributed by atoms with Crippen molar-refractivity contribution in [1.29, 1.82) is 0 Å². The molecule has 1 aromatic heterocycles. The lowest BCUT2D eigenvalue weighted by Gasteiger charge is -2.20. The maximum Gasteiger partial charge on any atom is 0.259 e. The summed E-state index contributed by atoms with van der Waals surface area (Å²) in [4.78, 5) is 29.2. The summed E-state index contributed by atoms with van der Waals surface area (Å²) < 4.78 is 0. The van der Waals surface area contributed by atoms with Crippen molar-refractivity contribution in [3.05, 3.63) is 33.7 Å². The third-order valence-electron chi connectivity index (χ3n) is 4.12. The van der Waals surface area contributed by atoms with E-state index in [1.807, 2.05) is 11.8 Å². The van der Waals surface area contributed by atoms with E-state index in [2.05, 4.69) is 11.9 Å². The lowest BCUT2D eigenvalue weighted by molar-refractivity contribution is 0.0758. The normalized spacial score (nSPS) is 19.7. The van der Waals surface area contributed by atoms with E-state index in [9.17, 15) is 9.59 Å². The van der Waals surface area contributed by atoms with Crippen LogP contribution in [0.1, 0.15) is 55.1 Å². The molecule has 2 rings (SSSR count). The van der Waals surface area contributed by atoms with Crippen LogP contribution in [0.15, 0.2) is 17.1 Å². The Hall–Kier alpha value is -1.58. The van der Waals surface area contributed by atoms with Gasteiger partial charge in [-0.15, -0.1) is 0 Å². The van der Waals surface area contributed by atoms with Crippen LogP contribution in [-0.2, 0) is 0 Å². The Morgan fingerprint density at radius 2 is 2.20 bits per heavy atom. The number of nitrogens with one attached hydrogen (secondary N) is 1. The Morgan fingerprint density at radius 3 is 2.90 bits per heavy atom. The summed E-state index contributed by atoms with van der Waals surface area (Å²) in [5.41, 5.74) is 0.871. The molecule has 1 aliphatic rings. The molecule has 0 aliphatic carbocycles. The third kappa shape index (κ3) is 3.50. The van der Waals surface area contributed by atoms with Gasteiger partial charge in [0.25, 0.3) is 5.91 Å². The molecule has 1 aromatic rings. The van der Waals surface area contributed by atoms with E-state index < -0.39 is 0 Å². The van der Waals surface area contributed by atoms with Gasteiger partial charge in [-0.25, -0.2) is 0 Å². The smallest absolute Gasteiger partial charge is 0.259 e. The molecule has 1 atom stereocenters. The minimum absolute atomic E-state index is 0.122. The predicted octanol–water partition coefficient (Wildman–Crippen LogP) is 2.73. The molecule has 4 nitrogen and oxygen atoms in total. The Kier molecular flexibility index (Phi) is 4.99. The molecule has 0 spiro atoms. The van der Waals surface area contributed by atoms with Crippen LogP contribution in [0.3, 0.4) is 0 Å². The van der Waals surface area contributed by atoms with Gasteiger partial charge in [-0.2, -0.15) is 0 Å². The highest BCUT2D eigenvalue weighted by molar-refractivity contribution is 5.93. The van der Waals surface area contributed by atoms with Gasteiger partial charge in [0.05, 0.1) is 0 Å². The largest absolute Gasteiger partial charge is 0.364 e. The Labute approximate surface area is 120 Å². The zero-order valence-corrected chi connectivity index (χ0v) is 12.4. The fourth-order valence-corrected chi connectivity index (χ4v) is 2.98. The first-order chi connectivity index (χ1) is 9.61. The topological polar surface area (TPSA) is 53.2 Å². The lowest BCUT2D eigenvalue weighted by Crippen LogP contribution is -2.35. The van der Waals surface area contributed by atoms with Gasteiger partial charge in [-0.1, -0.05) is 19.8 Å². The molecule has 0 bridgehead atoms. The molecule has 1 unspecified atom stereocenters. The molecule has 1 amide bonds. The standard InChI is InChI=1S/C16H24N2O2/c1-3-5-13-6-4-8-18(9-7-13)16(20)14-11-17-12(2)10-15(14)19/h10-11,13H,3-9H2,1-2H3,(H,17,19). The first-order valence-corrected chi connectivity index (χ1v) is 7.60. The maximum atomic E-state index is 12.5. The quantitative estimate of drug-likeness (QED) is 0.923. The summed E-state index contributed by atoms with van der Waals surface area (Å²) in [5, 5.41) is 0. The molecule has 0 aromatic carbocycles. The number of pyridine rings is 1.